The lowest BCUT2D eigenvalue weighted by atomic mass is 10.2. The summed E-state index contributed by atoms with van der Waals surface area (Å²) in [6, 6.07) is 1.48. The quantitative estimate of drug-likeness (QED) is 0.887. The summed E-state index contributed by atoms with van der Waals surface area (Å²) in [5.74, 6) is 0.575. The van der Waals surface area contributed by atoms with Gasteiger partial charge in [0.15, 0.2) is 0 Å². The molecule has 1 fully saturated rings. The van der Waals surface area contributed by atoms with Crippen molar-refractivity contribution in [3.63, 3.8) is 0 Å². The van der Waals surface area contributed by atoms with Gasteiger partial charge in [0.05, 0.1) is 6.54 Å². The second-order valence-corrected chi connectivity index (χ2v) is 5.00. The lowest BCUT2D eigenvalue weighted by Crippen LogP contribution is -2.27. The Kier molecular flexibility index (Phi) is 3.15. The number of nitrogens with zero attached hydrogens (tertiary/aromatic N) is 1. The number of aromatic carboxylic acids is 1. The van der Waals surface area contributed by atoms with Gasteiger partial charge < -0.3 is 14.4 Å². The van der Waals surface area contributed by atoms with Crippen molar-refractivity contribution in [3.8, 4) is 0 Å². The van der Waals surface area contributed by atoms with E-state index in [1.807, 2.05) is 0 Å². The first-order valence-corrected chi connectivity index (χ1v) is 5.97. The average molecular weight is 251 g/mol. The van der Waals surface area contributed by atoms with Crippen LogP contribution in [-0.4, -0.2) is 28.9 Å². The third-order valence-corrected chi connectivity index (χ3v) is 3.40. The number of aryl methyl sites for hydroxylation is 1. The van der Waals surface area contributed by atoms with Crippen molar-refractivity contribution in [1.82, 2.24) is 4.90 Å². The zero-order valence-corrected chi connectivity index (χ0v) is 10.8. The van der Waals surface area contributed by atoms with E-state index >= 15 is 0 Å². The molecule has 0 bridgehead atoms. The number of amides is 1. The third kappa shape index (κ3) is 2.39. The van der Waals surface area contributed by atoms with E-state index in [0.717, 1.165) is 6.42 Å². The maximum absolute atomic E-state index is 11.9. The Morgan fingerprint density at radius 1 is 1.56 bits per heavy atom. The summed E-state index contributed by atoms with van der Waals surface area (Å²) in [4.78, 5) is 24.4. The number of hydrogen-bond acceptors (Lipinski definition) is 3. The molecule has 98 valence electrons. The van der Waals surface area contributed by atoms with Gasteiger partial charge in [-0.25, -0.2) is 4.79 Å². The molecule has 1 aliphatic rings. The lowest BCUT2D eigenvalue weighted by molar-refractivity contribution is -0.132. The van der Waals surface area contributed by atoms with Crippen LogP contribution in [0.2, 0.25) is 0 Å². The molecule has 0 aliphatic heterocycles. The number of furan rings is 1. The first kappa shape index (κ1) is 12.7. The third-order valence-electron chi connectivity index (χ3n) is 3.40. The standard InChI is InChI=1S/C13H17NO4/c1-7-4-10(7)12(15)14(3)6-9-5-11(13(16)17)8(2)18-9/h5,7,10H,4,6H2,1-3H3,(H,16,17)/t7-,10+/m1/s1. The first-order chi connectivity index (χ1) is 8.40. The van der Waals surface area contributed by atoms with Gasteiger partial charge in [-0.2, -0.15) is 0 Å². The van der Waals surface area contributed by atoms with Crippen LogP contribution in [0.3, 0.4) is 0 Å². The fourth-order valence-electron chi connectivity index (χ4n) is 2.09. The number of carboxylic acid groups (broad SMARTS) is 1. The molecule has 0 aromatic carbocycles. The monoisotopic (exact) mass is 251 g/mol. The average Bonchev–Trinajstić information content (AvgIpc) is 2.89. The number of rotatable bonds is 4. The highest BCUT2D eigenvalue weighted by Gasteiger charge is 2.40. The minimum absolute atomic E-state index is 0.105. The van der Waals surface area contributed by atoms with Gasteiger partial charge in [-0.3, -0.25) is 4.79 Å². The smallest absolute Gasteiger partial charge is 0.339 e. The van der Waals surface area contributed by atoms with E-state index in [1.165, 1.54) is 6.07 Å². The van der Waals surface area contributed by atoms with Crippen molar-refractivity contribution >= 4 is 11.9 Å². The van der Waals surface area contributed by atoms with Crippen molar-refractivity contribution in [1.29, 1.82) is 0 Å². The summed E-state index contributed by atoms with van der Waals surface area (Å²) in [5.41, 5.74) is 0.158. The second kappa shape index (κ2) is 4.48. The van der Waals surface area contributed by atoms with Crippen LogP contribution in [0.15, 0.2) is 10.5 Å². The van der Waals surface area contributed by atoms with Gasteiger partial charge in [0.1, 0.15) is 17.1 Å². The molecule has 1 aromatic heterocycles. The molecule has 1 N–H and O–H groups in total. The summed E-state index contributed by atoms with van der Waals surface area (Å²) in [5, 5.41) is 8.91. The highest BCUT2D eigenvalue weighted by Crippen LogP contribution is 2.39. The van der Waals surface area contributed by atoms with E-state index in [9.17, 15) is 9.59 Å². The van der Waals surface area contributed by atoms with E-state index in [0.29, 0.717) is 24.0 Å². The van der Waals surface area contributed by atoms with Gasteiger partial charge in [0.25, 0.3) is 0 Å². The number of carboxylic acids is 1. The van der Waals surface area contributed by atoms with Crippen LogP contribution in [0.1, 0.15) is 35.2 Å². The molecule has 5 heteroatoms. The normalized spacial score (nSPS) is 21.7. The molecule has 0 spiro atoms. The fraction of sp³-hybridized carbons (Fsp3) is 0.538. The molecule has 5 nitrogen and oxygen atoms in total. The van der Waals surface area contributed by atoms with Crippen molar-refractivity contribution in [3.05, 3.63) is 23.2 Å². The van der Waals surface area contributed by atoms with E-state index in [1.54, 1.807) is 18.9 Å². The summed E-state index contributed by atoms with van der Waals surface area (Å²) in [7, 11) is 1.71. The summed E-state index contributed by atoms with van der Waals surface area (Å²) < 4.78 is 5.35. The van der Waals surface area contributed by atoms with Crippen LogP contribution in [0.25, 0.3) is 0 Å². The fourth-order valence-corrected chi connectivity index (χ4v) is 2.09. The van der Waals surface area contributed by atoms with Crippen molar-refractivity contribution in [2.75, 3.05) is 7.05 Å². The molecule has 2 atom stereocenters. The Bertz CT molecular complexity index is 491. The highest BCUT2D eigenvalue weighted by atomic mass is 16.4. The Labute approximate surface area is 105 Å². The number of carbonyl (C=O) groups excluding carboxylic acids is 1. The lowest BCUT2D eigenvalue weighted by Gasteiger charge is -2.15. The van der Waals surface area contributed by atoms with Gasteiger partial charge in [0.2, 0.25) is 5.91 Å². The van der Waals surface area contributed by atoms with Gasteiger partial charge in [0, 0.05) is 13.0 Å². The summed E-state index contributed by atoms with van der Waals surface area (Å²) in [6.07, 6.45) is 0.945. The predicted molar refractivity (Wildman–Crippen MR) is 64.1 cm³/mol. The molecular formula is C13H17NO4. The van der Waals surface area contributed by atoms with Crippen molar-refractivity contribution in [2.24, 2.45) is 11.8 Å². The minimum atomic E-state index is -1.01. The minimum Gasteiger partial charge on any atom is -0.478 e. The number of hydrogen-bond donors (Lipinski definition) is 1. The second-order valence-electron chi connectivity index (χ2n) is 5.00. The molecule has 1 aromatic rings. The Morgan fingerprint density at radius 2 is 2.17 bits per heavy atom. The zero-order chi connectivity index (χ0) is 13.4. The van der Waals surface area contributed by atoms with E-state index in [4.69, 9.17) is 9.52 Å². The van der Waals surface area contributed by atoms with Crippen LogP contribution in [0.4, 0.5) is 0 Å². The van der Waals surface area contributed by atoms with Gasteiger partial charge in [-0.15, -0.1) is 0 Å². The molecule has 0 radical (unpaired) electrons. The molecule has 1 aliphatic carbocycles. The molecule has 0 unspecified atom stereocenters. The van der Waals surface area contributed by atoms with Crippen LogP contribution in [0.5, 0.6) is 0 Å². The predicted octanol–water partition coefficient (Wildman–Crippen LogP) is 1.90. The van der Waals surface area contributed by atoms with Crippen LogP contribution < -0.4 is 0 Å². The molecule has 1 amide bonds. The molecule has 18 heavy (non-hydrogen) atoms. The van der Waals surface area contributed by atoms with Crippen molar-refractivity contribution in [2.45, 2.75) is 26.8 Å². The van der Waals surface area contributed by atoms with Gasteiger partial charge in [-0.05, 0) is 25.3 Å². The maximum Gasteiger partial charge on any atom is 0.339 e. The van der Waals surface area contributed by atoms with Crippen LogP contribution >= 0.6 is 0 Å². The first-order valence-electron chi connectivity index (χ1n) is 5.97. The summed E-state index contributed by atoms with van der Waals surface area (Å²) in [6.45, 7) is 3.98. The Morgan fingerprint density at radius 3 is 2.61 bits per heavy atom. The maximum atomic E-state index is 11.9. The highest BCUT2D eigenvalue weighted by molar-refractivity contribution is 5.88. The molecule has 1 saturated carbocycles. The van der Waals surface area contributed by atoms with Crippen LogP contribution in [-0.2, 0) is 11.3 Å². The molecule has 1 heterocycles. The van der Waals surface area contributed by atoms with Crippen LogP contribution in [0, 0.1) is 18.8 Å². The summed E-state index contributed by atoms with van der Waals surface area (Å²) >= 11 is 0. The largest absolute Gasteiger partial charge is 0.478 e. The van der Waals surface area contributed by atoms with E-state index in [-0.39, 0.29) is 17.4 Å². The van der Waals surface area contributed by atoms with E-state index < -0.39 is 5.97 Å². The molecule has 0 saturated heterocycles. The number of carbonyl (C=O) groups is 2. The van der Waals surface area contributed by atoms with Crippen molar-refractivity contribution < 1.29 is 19.1 Å². The topological polar surface area (TPSA) is 70.8 Å². The van der Waals surface area contributed by atoms with Gasteiger partial charge in [-0.1, -0.05) is 6.92 Å². The van der Waals surface area contributed by atoms with Gasteiger partial charge >= 0.3 is 5.97 Å². The molecular weight excluding hydrogens is 234 g/mol. The Hall–Kier alpha value is -1.78. The Balaban J connectivity index is 2.03. The SMILES string of the molecule is Cc1oc(CN(C)C(=O)[C@H]2C[C@H]2C)cc1C(=O)O. The van der Waals surface area contributed by atoms with E-state index in [2.05, 4.69) is 6.92 Å². The zero-order valence-electron chi connectivity index (χ0n) is 10.8. The molecule has 2 rings (SSSR count).